The lowest BCUT2D eigenvalue weighted by atomic mass is 10.1. The monoisotopic (exact) mass is 390 g/mol. The molecule has 1 aliphatic heterocycles. The molecule has 0 aliphatic carbocycles. The summed E-state index contributed by atoms with van der Waals surface area (Å²) in [4.78, 5) is 8.59. The highest BCUT2D eigenvalue weighted by Gasteiger charge is 2.17. The maximum atomic E-state index is 10.3. The van der Waals surface area contributed by atoms with Crippen molar-refractivity contribution in [3.8, 4) is 11.5 Å². The van der Waals surface area contributed by atoms with E-state index in [1.807, 2.05) is 25.2 Å². The summed E-state index contributed by atoms with van der Waals surface area (Å²) < 4.78 is 16.5. The number of aromatic nitrogens is 2. The second-order valence-corrected chi connectivity index (χ2v) is 7.35. The molecule has 1 fully saturated rings. The average Bonchev–Trinajstić information content (AvgIpc) is 3.32. The highest BCUT2D eigenvalue weighted by Crippen LogP contribution is 2.26. The van der Waals surface area contributed by atoms with Crippen molar-refractivity contribution in [1.82, 2.24) is 19.9 Å². The van der Waals surface area contributed by atoms with Gasteiger partial charge in [0.1, 0.15) is 24.2 Å². The highest BCUT2D eigenvalue weighted by molar-refractivity contribution is 5.40. The maximum Gasteiger partial charge on any atom is 0.240 e. The third kappa shape index (κ3) is 5.92. The summed E-state index contributed by atoms with van der Waals surface area (Å²) in [5, 5.41) is 14.2. The summed E-state index contributed by atoms with van der Waals surface area (Å²) in [5.41, 5.74) is 1.01. The van der Waals surface area contributed by atoms with Crippen LogP contribution in [-0.2, 0) is 13.1 Å². The number of likely N-dealkylation sites (tertiary alicyclic amines) is 1. The van der Waals surface area contributed by atoms with Crippen LogP contribution in [0.3, 0.4) is 0 Å². The van der Waals surface area contributed by atoms with Gasteiger partial charge in [0, 0.05) is 24.7 Å². The van der Waals surface area contributed by atoms with Crippen LogP contribution in [-0.4, -0.2) is 71.5 Å². The third-order valence-electron chi connectivity index (χ3n) is 4.79. The first-order chi connectivity index (χ1) is 13.5. The summed E-state index contributed by atoms with van der Waals surface area (Å²) in [6.45, 7) is 6.00. The van der Waals surface area contributed by atoms with Crippen molar-refractivity contribution < 1.29 is 19.1 Å². The standard InChI is InChI=1S/C20H30N4O4/c1-15-21-20(28-22-15)13-23(2)11-16-6-7-18(26-3)10-19(16)27-14-17(25)12-24-8-4-5-9-24/h6-7,10,17,25H,4-5,8-9,11-14H2,1-3H3/t17-/m1/s1. The SMILES string of the molecule is COc1ccc(CN(C)Cc2nc(C)no2)c(OC[C@H](O)CN2CCCC2)c1. The number of aliphatic hydroxyl groups is 1. The number of hydrogen-bond acceptors (Lipinski definition) is 8. The Morgan fingerprint density at radius 3 is 2.75 bits per heavy atom. The summed E-state index contributed by atoms with van der Waals surface area (Å²) in [7, 11) is 3.61. The Morgan fingerprint density at radius 2 is 2.07 bits per heavy atom. The second-order valence-electron chi connectivity index (χ2n) is 7.35. The van der Waals surface area contributed by atoms with Crippen LogP contribution in [0, 0.1) is 6.92 Å². The molecule has 1 aliphatic rings. The third-order valence-corrected chi connectivity index (χ3v) is 4.79. The summed E-state index contributed by atoms with van der Waals surface area (Å²) >= 11 is 0. The molecule has 1 saturated heterocycles. The molecule has 3 rings (SSSR count). The molecule has 2 aromatic rings. The van der Waals surface area contributed by atoms with E-state index in [1.54, 1.807) is 14.0 Å². The van der Waals surface area contributed by atoms with Crippen molar-refractivity contribution in [2.24, 2.45) is 0 Å². The van der Waals surface area contributed by atoms with E-state index >= 15 is 0 Å². The molecule has 1 N–H and O–H groups in total. The number of hydrogen-bond donors (Lipinski definition) is 1. The Hall–Kier alpha value is -2.16. The zero-order chi connectivity index (χ0) is 19.9. The zero-order valence-corrected chi connectivity index (χ0v) is 16.9. The molecule has 154 valence electrons. The molecule has 0 bridgehead atoms. The summed E-state index contributed by atoms with van der Waals surface area (Å²) in [5.74, 6) is 2.65. The minimum absolute atomic E-state index is 0.253. The van der Waals surface area contributed by atoms with Gasteiger partial charge in [0.2, 0.25) is 5.89 Å². The number of β-amino-alcohol motifs (C(OH)–C–C–N with tert-alkyl or cyclic N) is 1. The first-order valence-corrected chi connectivity index (χ1v) is 9.71. The van der Waals surface area contributed by atoms with Crippen molar-refractivity contribution >= 4 is 0 Å². The van der Waals surface area contributed by atoms with Crippen LogP contribution in [0.15, 0.2) is 22.7 Å². The van der Waals surface area contributed by atoms with Crippen LogP contribution in [0.25, 0.3) is 0 Å². The van der Waals surface area contributed by atoms with Gasteiger partial charge in [-0.05, 0) is 46.0 Å². The van der Waals surface area contributed by atoms with Gasteiger partial charge in [0.25, 0.3) is 0 Å². The number of aryl methyl sites for hydroxylation is 1. The van der Waals surface area contributed by atoms with Gasteiger partial charge in [-0.3, -0.25) is 4.90 Å². The normalized spacial score (nSPS) is 15.9. The molecule has 0 spiro atoms. The van der Waals surface area contributed by atoms with E-state index in [2.05, 4.69) is 19.9 Å². The number of nitrogens with zero attached hydrogens (tertiary/aromatic N) is 4. The van der Waals surface area contributed by atoms with Crippen molar-refractivity contribution in [2.75, 3.05) is 40.4 Å². The predicted molar refractivity (Wildman–Crippen MR) is 104 cm³/mol. The first-order valence-electron chi connectivity index (χ1n) is 9.71. The van der Waals surface area contributed by atoms with E-state index < -0.39 is 6.10 Å². The zero-order valence-electron chi connectivity index (χ0n) is 16.9. The fraction of sp³-hybridized carbons (Fsp3) is 0.600. The Bertz CT molecular complexity index is 746. The molecular weight excluding hydrogens is 360 g/mol. The Balaban J connectivity index is 1.60. The van der Waals surface area contributed by atoms with E-state index in [-0.39, 0.29) is 6.61 Å². The highest BCUT2D eigenvalue weighted by atomic mass is 16.5. The van der Waals surface area contributed by atoms with E-state index in [0.717, 1.165) is 24.4 Å². The summed E-state index contributed by atoms with van der Waals surface area (Å²) in [6, 6.07) is 5.76. The number of benzene rings is 1. The summed E-state index contributed by atoms with van der Waals surface area (Å²) in [6.07, 6.45) is 1.90. The van der Waals surface area contributed by atoms with Crippen molar-refractivity contribution in [1.29, 1.82) is 0 Å². The van der Waals surface area contributed by atoms with Gasteiger partial charge in [0.15, 0.2) is 5.82 Å². The molecule has 1 aromatic heterocycles. The van der Waals surface area contributed by atoms with Crippen LogP contribution < -0.4 is 9.47 Å². The van der Waals surface area contributed by atoms with E-state index in [1.165, 1.54) is 12.8 Å². The van der Waals surface area contributed by atoms with Crippen molar-refractivity contribution in [3.63, 3.8) is 0 Å². The quantitative estimate of drug-likeness (QED) is 0.658. The lowest BCUT2D eigenvalue weighted by Crippen LogP contribution is -2.33. The van der Waals surface area contributed by atoms with Crippen LogP contribution >= 0.6 is 0 Å². The smallest absolute Gasteiger partial charge is 0.240 e. The van der Waals surface area contributed by atoms with Crippen LogP contribution in [0.2, 0.25) is 0 Å². The maximum absolute atomic E-state index is 10.3. The van der Waals surface area contributed by atoms with Crippen LogP contribution in [0.5, 0.6) is 11.5 Å². The molecule has 28 heavy (non-hydrogen) atoms. The molecule has 8 nitrogen and oxygen atoms in total. The Labute approximate surface area is 166 Å². The van der Waals surface area contributed by atoms with Gasteiger partial charge >= 0.3 is 0 Å². The molecule has 2 heterocycles. The Morgan fingerprint density at radius 1 is 1.29 bits per heavy atom. The fourth-order valence-corrected chi connectivity index (χ4v) is 3.41. The second kappa shape index (κ2) is 9.86. The molecule has 0 amide bonds. The number of rotatable bonds is 10. The van der Waals surface area contributed by atoms with E-state index in [9.17, 15) is 5.11 Å². The minimum atomic E-state index is -0.517. The van der Waals surface area contributed by atoms with Gasteiger partial charge in [0.05, 0.1) is 13.7 Å². The number of ether oxygens (including phenoxy) is 2. The Kier molecular flexibility index (Phi) is 7.24. The molecule has 1 atom stereocenters. The minimum Gasteiger partial charge on any atom is -0.497 e. The van der Waals surface area contributed by atoms with Gasteiger partial charge in [-0.25, -0.2) is 0 Å². The van der Waals surface area contributed by atoms with Gasteiger partial charge in [-0.15, -0.1) is 0 Å². The lowest BCUT2D eigenvalue weighted by Gasteiger charge is -2.22. The van der Waals surface area contributed by atoms with E-state index in [4.69, 9.17) is 14.0 Å². The number of aliphatic hydroxyl groups excluding tert-OH is 1. The van der Waals surface area contributed by atoms with Gasteiger partial charge < -0.3 is 24.0 Å². The molecular formula is C20H30N4O4. The topological polar surface area (TPSA) is 84.1 Å². The molecule has 1 aromatic carbocycles. The largest absolute Gasteiger partial charge is 0.497 e. The molecule has 0 unspecified atom stereocenters. The van der Waals surface area contributed by atoms with Crippen LogP contribution in [0.4, 0.5) is 0 Å². The van der Waals surface area contributed by atoms with Gasteiger partial charge in [-0.1, -0.05) is 11.2 Å². The fourth-order valence-electron chi connectivity index (χ4n) is 3.41. The number of methoxy groups -OCH3 is 1. The molecule has 8 heteroatoms. The van der Waals surface area contributed by atoms with E-state index in [0.29, 0.717) is 37.1 Å². The van der Waals surface area contributed by atoms with Crippen molar-refractivity contribution in [2.45, 2.75) is 39.0 Å². The first kappa shape index (κ1) is 20.6. The van der Waals surface area contributed by atoms with Gasteiger partial charge in [-0.2, -0.15) is 4.98 Å². The van der Waals surface area contributed by atoms with Crippen LogP contribution in [0.1, 0.15) is 30.1 Å². The molecule has 0 saturated carbocycles. The predicted octanol–water partition coefficient (Wildman–Crippen LogP) is 1.85. The lowest BCUT2D eigenvalue weighted by molar-refractivity contribution is 0.0750. The molecule has 0 radical (unpaired) electrons. The van der Waals surface area contributed by atoms with Crippen molar-refractivity contribution in [3.05, 3.63) is 35.5 Å². The average molecular weight is 390 g/mol.